The lowest BCUT2D eigenvalue weighted by atomic mass is 9.95. The molecule has 0 heterocycles. The number of anilines is 1. The highest BCUT2D eigenvalue weighted by molar-refractivity contribution is 7.92. The quantitative estimate of drug-likeness (QED) is 0.315. The highest BCUT2D eigenvalue weighted by Gasteiger charge is 2.34. The number of hydrogen-bond acceptors (Lipinski definition) is 4. The van der Waals surface area contributed by atoms with Gasteiger partial charge in [0.1, 0.15) is 12.6 Å². The summed E-state index contributed by atoms with van der Waals surface area (Å²) < 4.78 is 29.0. The summed E-state index contributed by atoms with van der Waals surface area (Å²) in [4.78, 5) is 29.5. The molecular weight excluding hydrogens is 534 g/mol. The van der Waals surface area contributed by atoms with E-state index in [1.165, 1.54) is 6.42 Å². The molecule has 4 rings (SSSR count). The minimum Gasteiger partial charge on any atom is -0.352 e. The smallest absolute Gasteiger partial charge is 0.264 e. The number of aryl methyl sites for hydroxylation is 2. The third kappa shape index (κ3) is 7.76. The molecule has 3 aromatic carbocycles. The Hall–Kier alpha value is -3.65. The average molecular weight is 576 g/mol. The Balaban J connectivity index is 1.68. The van der Waals surface area contributed by atoms with E-state index in [-0.39, 0.29) is 23.4 Å². The van der Waals surface area contributed by atoms with Crippen molar-refractivity contribution in [1.82, 2.24) is 10.2 Å². The van der Waals surface area contributed by atoms with Gasteiger partial charge in [0.2, 0.25) is 11.8 Å². The summed E-state index contributed by atoms with van der Waals surface area (Å²) in [5.74, 6) is -0.621. The van der Waals surface area contributed by atoms with Crippen LogP contribution in [-0.4, -0.2) is 43.8 Å². The molecule has 0 radical (unpaired) electrons. The normalized spacial score (nSPS) is 14.7. The molecule has 3 aromatic rings. The molecule has 1 aliphatic rings. The topological polar surface area (TPSA) is 86.8 Å². The second kappa shape index (κ2) is 13.8. The molecule has 41 heavy (non-hydrogen) atoms. The van der Waals surface area contributed by atoms with Gasteiger partial charge in [-0.25, -0.2) is 8.42 Å². The highest BCUT2D eigenvalue weighted by Crippen LogP contribution is 2.25. The first-order chi connectivity index (χ1) is 19.7. The maximum Gasteiger partial charge on any atom is 0.264 e. The highest BCUT2D eigenvalue weighted by atomic mass is 32.2. The monoisotopic (exact) mass is 575 g/mol. The zero-order valence-electron chi connectivity index (χ0n) is 24.3. The van der Waals surface area contributed by atoms with Crippen LogP contribution in [0.1, 0.15) is 62.1 Å². The van der Waals surface area contributed by atoms with Crippen LogP contribution in [0, 0.1) is 13.8 Å². The molecule has 1 saturated carbocycles. The van der Waals surface area contributed by atoms with Crippen molar-refractivity contribution in [2.24, 2.45) is 0 Å². The molecular formula is C33H41N3O4S. The van der Waals surface area contributed by atoms with E-state index in [1.54, 1.807) is 59.5 Å². The Morgan fingerprint density at radius 1 is 0.878 bits per heavy atom. The first-order valence-corrected chi connectivity index (χ1v) is 15.9. The Labute approximate surface area is 244 Å². The van der Waals surface area contributed by atoms with Gasteiger partial charge in [-0.2, -0.15) is 0 Å². The standard InChI is InChI=1S/C33H41N3O4S/c1-4-31(33(38)34-28-14-7-5-8-15-28)35(23-27-13-11-12-26(3)22-27)32(37)24-36(29-16-9-6-10-17-29)41(39,40)30-20-18-25(2)19-21-30/h6,9-13,16-22,28,31H,4-5,7-8,14-15,23-24H2,1-3H3,(H,34,38)/t31-/m0/s1. The van der Waals surface area contributed by atoms with Gasteiger partial charge in [0.15, 0.2) is 0 Å². The molecule has 7 nitrogen and oxygen atoms in total. The van der Waals surface area contributed by atoms with Crippen LogP contribution >= 0.6 is 0 Å². The number of carbonyl (C=O) groups excluding carboxylic acids is 2. The molecule has 1 atom stereocenters. The summed E-state index contributed by atoms with van der Waals surface area (Å²) in [6, 6.07) is 22.4. The van der Waals surface area contributed by atoms with Crippen LogP contribution in [0.3, 0.4) is 0 Å². The molecule has 218 valence electrons. The van der Waals surface area contributed by atoms with Crippen molar-refractivity contribution in [3.8, 4) is 0 Å². The van der Waals surface area contributed by atoms with Gasteiger partial charge in [0.05, 0.1) is 10.6 Å². The summed E-state index contributed by atoms with van der Waals surface area (Å²) in [5.41, 5.74) is 3.25. The fourth-order valence-electron chi connectivity index (χ4n) is 5.43. The van der Waals surface area contributed by atoms with Crippen molar-refractivity contribution < 1.29 is 18.0 Å². The predicted molar refractivity (Wildman–Crippen MR) is 163 cm³/mol. The maximum atomic E-state index is 14.2. The van der Waals surface area contributed by atoms with Crippen LogP contribution < -0.4 is 9.62 Å². The van der Waals surface area contributed by atoms with Crippen LogP contribution in [0.25, 0.3) is 0 Å². The lowest BCUT2D eigenvalue weighted by molar-refractivity contribution is -0.140. The van der Waals surface area contributed by atoms with Crippen molar-refractivity contribution in [1.29, 1.82) is 0 Å². The summed E-state index contributed by atoms with van der Waals surface area (Å²) >= 11 is 0. The number of hydrogen-bond donors (Lipinski definition) is 1. The Morgan fingerprint density at radius 3 is 2.20 bits per heavy atom. The van der Waals surface area contributed by atoms with Gasteiger partial charge in [0, 0.05) is 12.6 Å². The number of carbonyl (C=O) groups is 2. The number of nitrogens with one attached hydrogen (secondary N) is 1. The zero-order chi connectivity index (χ0) is 29.4. The third-order valence-corrected chi connectivity index (χ3v) is 9.49. The fourth-order valence-corrected chi connectivity index (χ4v) is 6.85. The van der Waals surface area contributed by atoms with Gasteiger partial charge in [-0.15, -0.1) is 0 Å². The maximum absolute atomic E-state index is 14.2. The number of rotatable bonds is 11. The number of amides is 2. The van der Waals surface area contributed by atoms with Gasteiger partial charge < -0.3 is 10.2 Å². The minimum atomic E-state index is -4.07. The van der Waals surface area contributed by atoms with Gasteiger partial charge in [0.25, 0.3) is 10.0 Å². The van der Waals surface area contributed by atoms with Crippen LogP contribution in [0.15, 0.2) is 83.8 Å². The molecule has 0 aliphatic heterocycles. The third-order valence-electron chi connectivity index (χ3n) is 7.70. The van der Waals surface area contributed by atoms with Gasteiger partial charge in [-0.1, -0.05) is 91.9 Å². The summed E-state index contributed by atoms with van der Waals surface area (Å²) in [5, 5.41) is 3.18. The molecule has 0 bridgehead atoms. The molecule has 8 heteroatoms. The van der Waals surface area contributed by atoms with Gasteiger partial charge in [-0.05, 0) is 62.9 Å². The molecule has 0 spiro atoms. The van der Waals surface area contributed by atoms with Gasteiger partial charge >= 0.3 is 0 Å². The van der Waals surface area contributed by atoms with Crippen molar-refractivity contribution >= 4 is 27.5 Å². The fraction of sp³-hybridized carbons (Fsp3) is 0.394. The number of sulfonamides is 1. The van der Waals surface area contributed by atoms with E-state index >= 15 is 0 Å². The Morgan fingerprint density at radius 2 is 1.56 bits per heavy atom. The molecule has 0 unspecified atom stereocenters. The number of benzene rings is 3. The second-order valence-corrected chi connectivity index (χ2v) is 12.8. The first-order valence-electron chi connectivity index (χ1n) is 14.5. The summed E-state index contributed by atoms with van der Waals surface area (Å²) in [6.45, 7) is 5.53. The minimum absolute atomic E-state index is 0.101. The Kier molecular flexibility index (Phi) is 10.2. The largest absolute Gasteiger partial charge is 0.352 e. The average Bonchev–Trinajstić information content (AvgIpc) is 2.97. The van der Waals surface area contributed by atoms with Crippen molar-refractivity contribution in [2.75, 3.05) is 10.8 Å². The van der Waals surface area contributed by atoms with Crippen LogP contribution in [0.5, 0.6) is 0 Å². The zero-order valence-corrected chi connectivity index (χ0v) is 25.1. The van der Waals surface area contributed by atoms with Gasteiger partial charge in [-0.3, -0.25) is 13.9 Å². The first kappa shape index (κ1) is 30.3. The van der Waals surface area contributed by atoms with E-state index in [9.17, 15) is 18.0 Å². The lowest BCUT2D eigenvalue weighted by Crippen LogP contribution is -2.54. The summed E-state index contributed by atoms with van der Waals surface area (Å²) in [7, 11) is -4.07. The number of nitrogens with zero attached hydrogens (tertiary/aromatic N) is 2. The van der Waals surface area contributed by atoms with Crippen molar-refractivity contribution in [3.63, 3.8) is 0 Å². The molecule has 1 aliphatic carbocycles. The Bertz CT molecular complexity index is 1420. The molecule has 1 fully saturated rings. The second-order valence-electron chi connectivity index (χ2n) is 10.9. The van der Waals surface area contributed by atoms with Crippen LogP contribution in [0.4, 0.5) is 5.69 Å². The molecule has 1 N–H and O–H groups in total. The number of para-hydroxylation sites is 1. The van der Waals surface area contributed by atoms with Crippen LogP contribution in [-0.2, 0) is 26.2 Å². The molecule has 0 aromatic heterocycles. The molecule has 0 saturated heterocycles. The van der Waals surface area contributed by atoms with E-state index in [1.807, 2.05) is 45.0 Å². The van der Waals surface area contributed by atoms with E-state index in [0.717, 1.165) is 46.7 Å². The molecule has 2 amide bonds. The van der Waals surface area contributed by atoms with Crippen molar-refractivity contribution in [2.45, 2.75) is 82.8 Å². The van der Waals surface area contributed by atoms with E-state index < -0.39 is 28.5 Å². The van der Waals surface area contributed by atoms with E-state index in [4.69, 9.17) is 0 Å². The SMILES string of the molecule is CC[C@@H](C(=O)NC1CCCCC1)N(Cc1cccc(C)c1)C(=O)CN(c1ccccc1)S(=O)(=O)c1ccc(C)cc1. The van der Waals surface area contributed by atoms with Crippen molar-refractivity contribution in [3.05, 3.63) is 95.6 Å². The summed E-state index contributed by atoms with van der Waals surface area (Å²) in [6.07, 6.45) is 5.61. The van der Waals surface area contributed by atoms with E-state index in [2.05, 4.69) is 5.32 Å². The predicted octanol–water partition coefficient (Wildman–Crippen LogP) is 5.76. The lowest BCUT2D eigenvalue weighted by Gasteiger charge is -2.34. The van der Waals surface area contributed by atoms with Crippen LogP contribution in [0.2, 0.25) is 0 Å². The van der Waals surface area contributed by atoms with E-state index in [0.29, 0.717) is 12.1 Å².